The summed E-state index contributed by atoms with van der Waals surface area (Å²) in [5.41, 5.74) is 4.59. The van der Waals surface area contributed by atoms with Gasteiger partial charge < -0.3 is 5.11 Å². The second-order valence-electron chi connectivity index (χ2n) is 7.26. The Morgan fingerprint density at radius 2 is 1.35 bits per heavy atom. The van der Waals surface area contributed by atoms with Gasteiger partial charge in [0.1, 0.15) is 0 Å². The molecule has 2 bridgehead atoms. The fourth-order valence-corrected chi connectivity index (χ4v) is 5.91. The van der Waals surface area contributed by atoms with Crippen molar-refractivity contribution in [1.82, 2.24) is 0 Å². The fraction of sp³-hybridized carbons (Fsp3) is 0.333. The first-order chi connectivity index (χ1) is 11.0. The van der Waals surface area contributed by atoms with Crippen molar-refractivity contribution in [3.8, 4) is 0 Å². The highest BCUT2D eigenvalue weighted by molar-refractivity contribution is 9.09. The van der Waals surface area contributed by atoms with E-state index in [0.717, 1.165) is 6.42 Å². The van der Waals surface area contributed by atoms with Gasteiger partial charge in [0, 0.05) is 15.7 Å². The normalized spacial score (nSPS) is 35.8. The van der Waals surface area contributed by atoms with Crippen LogP contribution in [0.1, 0.15) is 31.4 Å². The fourth-order valence-electron chi connectivity index (χ4n) is 4.76. The molecular formula is C21H21BrO. The van der Waals surface area contributed by atoms with Crippen molar-refractivity contribution in [1.29, 1.82) is 0 Å². The van der Waals surface area contributed by atoms with Crippen molar-refractivity contribution < 1.29 is 5.11 Å². The van der Waals surface area contributed by atoms with Crippen molar-refractivity contribution in [2.75, 3.05) is 0 Å². The largest absolute Gasteiger partial charge is 0.391 e. The molecule has 0 amide bonds. The highest BCUT2D eigenvalue weighted by Crippen LogP contribution is 2.70. The monoisotopic (exact) mass is 368 g/mol. The average molecular weight is 369 g/mol. The number of fused-ring (bicyclic) bond motifs is 2. The highest BCUT2D eigenvalue weighted by Gasteiger charge is 2.66. The molecule has 2 aromatic carbocycles. The number of hydrogen-bond acceptors (Lipinski definition) is 1. The number of rotatable bonds is 2. The Balaban J connectivity index is 2.06. The Morgan fingerprint density at radius 3 is 1.87 bits per heavy atom. The van der Waals surface area contributed by atoms with Crippen LogP contribution in [0.3, 0.4) is 0 Å². The number of halogens is 1. The van der Waals surface area contributed by atoms with Crippen LogP contribution in [0.2, 0.25) is 0 Å². The molecule has 0 radical (unpaired) electrons. The van der Waals surface area contributed by atoms with Gasteiger partial charge in [0.15, 0.2) is 0 Å². The van der Waals surface area contributed by atoms with Gasteiger partial charge in [-0.3, -0.25) is 0 Å². The molecule has 4 atom stereocenters. The molecule has 0 unspecified atom stereocenters. The van der Waals surface area contributed by atoms with E-state index in [4.69, 9.17) is 0 Å². The molecule has 0 heterocycles. The van der Waals surface area contributed by atoms with Gasteiger partial charge in [-0.25, -0.2) is 0 Å². The lowest BCUT2D eigenvalue weighted by Crippen LogP contribution is -2.34. The molecule has 0 aromatic heterocycles. The maximum absolute atomic E-state index is 11.2. The average Bonchev–Trinajstić information content (AvgIpc) is 2.86. The third-order valence-corrected chi connectivity index (χ3v) is 7.19. The molecule has 23 heavy (non-hydrogen) atoms. The molecule has 2 heteroatoms. The van der Waals surface area contributed by atoms with Gasteiger partial charge in [-0.05, 0) is 28.7 Å². The van der Waals surface area contributed by atoms with Gasteiger partial charge in [-0.2, -0.15) is 0 Å². The molecule has 118 valence electrons. The van der Waals surface area contributed by atoms with Crippen LogP contribution >= 0.6 is 15.9 Å². The standard InChI is InChI=1S/C21H21BrO/c1-20-13-16(22)21(2,19(20)23)18(15-11-7-4-8-12-15)17(20)14-9-5-3-6-10-14/h3-12,16,19,23H,13H2,1-2H3/t16-,19+,20-,21+/m0/s1. The summed E-state index contributed by atoms with van der Waals surface area (Å²) in [6.07, 6.45) is 0.593. The van der Waals surface area contributed by atoms with Crippen LogP contribution in [-0.2, 0) is 0 Å². The zero-order valence-electron chi connectivity index (χ0n) is 13.5. The first kappa shape index (κ1) is 15.2. The van der Waals surface area contributed by atoms with Gasteiger partial charge in [0.05, 0.1) is 6.10 Å². The maximum Gasteiger partial charge on any atom is 0.0739 e. The van der Waals surface area contributed by atoms with E-state index >= 15 is 0 Å². The summed E-state index contributed by atoms with van der Waals surface area (Å²) >= 11 is 3.87. The summed E-state index contributed by atoms with van der Waals surface area (Å²) in [7, 11) is 0. The molecule has 2 aliphatic rings. The van der Waals surface area contributed by atoms with E-state index in [1.807, 2.05) is 12.1 Å². The molecule has 4 rings (SSSR count). The molecular weight excluding hydrogens is 348 g/mol. The molecule has 0 aliphatic heterocycles. The molecule has 1 fully saturated rings. The van der Waals surface area contributed by atoms with Crippen molar-refractivity contribution in [2.45, 2.75) is 31.2 Å². The Bertz CT molecular complexity index is 767. The van der Waals surface area contributed by atoms with E-state index in [1.54, 1.807) is 0 Å². The number of hydrogen-bond donors (Lipinski definition) is 1. The maximum atomic E-state index is 11.2. The molecule has 0 spiro atoms. The number of benzene rings is 2. The molecule has 1 N–H and O–H groups in total. The summed E-state index contributed by atoms with van der Waals surface area (Å²) in [5.74, 6) is 0. The zero-order valence-corrected chi connectivity index (χ0v) is 15.0. The highest BCUT2D eigenvalue weighted by atomic mass is 79.9. The van der Waals surface area contributed by atoms with E-state index < -0.39 is 0 Å². The zero-order chi connectivity index (χ0) is 16.2. The Morgan fingerprint density at radius 1 is 0.870 bits per heavy atom. The van der Waals surface area contributed by atoms with Crippen molar-refractivity contribution in [3.05, 3.63) is 71.8 Å². The predicted molar refractivity (Wildman–Crippen MR) is 99.3 cm³/mol. The van der Waals surface area contributed by atoms with Crippen molar-refractivity contribution in [3.63, 3.8) is 0 Å². The lowest BCUT2D eigenvalue weighted by atomic mass is 9.73. The van der Waals surface area contributed by atoms with Crippen LogP contribution in [0, 0.1) is 10.8 Å². The van der Waals surface area contributed by atoms with Gasteiger partial charge in [0.2, 0.25) is 0 Å². The minimum Gasteiger partial charge on any atom is -0.391 e. The quantitative estimate of drug-likeness (QED) is 0.726. The summed E-state index contributed by atoms with van der Waals surface area (Å²) in [4.78, 5) is 0.290. The van der Waals surface area contributed by atoms with Gasteiger partial charge in [-0.1, -0.05) is 90.4 Å². The van der Waals surface area contributed by atoms with Crippen molar-refractivity contribution in [2.24, 2.45) is 10.8 Å². The predicted octanol–water partition coefficient (Wildman–Crippen LogP) is 5.15. The Hall–Kier alpha value is -1.38. The summed E-state index contributed by atoms with van der Waals surface area (Å²) in [5, 5.41) is 11.2. The lowest BCUT2D eigenvalue weighted by molar-refractivity contribution is 0.0591. The van der Waals surface area contributed by atoms with Crippen LogP contribution in [0.25, 0.3) is 11.1 Å². The van der Waals surface area contributed by atoms with Crippen LogP contribution in [-0.4, -0.2) is 16.0 Å². The third-order valence-electron chi connectivity index (χ3n) is 5.91. The Labute approximate surface area is 146 Å². The van der Waals surface area contributed by atoms with E-state index in [-0.39, 0.29) is 21.8 Å². The smallest absolute Gasteiger partial charge is 0.0739 e. The summed E-state index contributed by atoms with van der Waals surface area (Å²) in [6, 6.07) is 21.1. The van der Waals surface area contributed by atoms with E-state index in [1.165, 1.54) is 22.3 Å². The van der Waals surface area contributed by atoms with Gasteiger partial charge in [-0.15, -0.1) is 0 Å². The molecule has 2 aromatic rings. The van der Waals surface area contributed by atoms with Crippen LogP contribution in [0.4, 0.5) is 0 Å². The summed E-state index contributed by atoms with van der Waals surface area (Å²) in [6.45, 7) is 4.43. The number of aliphatic hydroxyl groups is 1. The number of alkyl halides is 1. The van der Waals surface area contributed by atoms with Gasteiger partial charge >= 0.3 is 0 Å². The SMILES string of the molecule is C[C@]12C(c3ccccc3)=C(c3ccccc3)[C@](C)(C[C@@H]1Br)[C@H]2O. The van der Waals surface area contributed by atoms with E-state index in [9.17, 15) is 5.11 Å². The molecule has 1 nitrogen and oxygen atoms in total. The topological polar surface area (TPSA) is 20.2 Å². The lowest BCUT2D eigenvalue weighted by Gasteiger charge is -2.34. The first-order valence-corrected chi connectivity index (χ1v) is 9.09. The first-order valence-electron chi connectivity index (χ1n) is 8.18. The van der Waals surface area contributed by atoms with Crippen LogP contribution < -0.4 is 0 Å². The minimum atomic E-state index is -0.371. The van der Waals surface area contributed by atoms with E-state index in [0.29, 0.717) is 0 Å². The van der Waals surface area contributed by atoms with Crippen LogP contribution in [0.15, 0.2) is 60.7 Å². The minimum absolute atomic E-state index is 0.213. The van der Waals surface area contributed by atoms with Crippen LogP contribution in [0.5, 0.6) is 0 Å². The van der Waals surface area contributed by atoms with Crippen molar-refractivity contribution >= 4 is 27.1 Å². The Kier molecular flexibility index (Phi) is 3.33. The third kappa shape index (κ3) is 1.88. The molecule has 2 aliphatic carbocycles. The summed E-state index contributed by atoms with van der Waals surface area (Å²) < 4.78 is 0. The van der Waals surface area contributed by atoms with Gasteiger partial charge in [0.25, 0.3) is 0 Å². The molecule has 0 saturated heterocycles. The molecule has 1 saturated carbocycles. The van der Waals surface area contributed by atoms with E-state index in [2.05, 4.69) is 78.3 Å². The second-order valence-corrected chi connectivity index (χ2v) is 8.36. The number of aliphatic hydroxyl groups excluding tert-OH is 1. The second kappa shape index (κ2) is 5.06.